The van der Waals surface area contributed by atoms with Crippen molar-refractivity contribution < 1.29 is 4.79 Å². The number of benzene rings is 1. The lowest BCUT2D eigenvalue weighted by Gasteiger charge is -2.36. The molecule has 21 heavy (non-hydrogen) atoms. The molecule has 1 aliphatic rings. The molecule has 5 heteroatoms. The highest BCUT2D eigenvalue weighted by Gasteiger charge is 2.22. The van der Waals surface area contributed by atoms with E-state index >= 15 is 0 Å². The van der Waals surface area contributed by atoms with Gasteiger partial charge in [-0.3, -0.25) is 9.78 Å². The van der Waals surface area contributed by atoms with E-state index in [0.29, 0.717) is 5.56 Å². The van der Waals surface area contributed by atoms with E-state index in [1.165, 1.54) is 5.69 Å². The number of hydrogen-bond acceptors (Lipinski definition) is 3. The molecule has 1 amide bonds. The molecule has 0 bridgehead atoms. The lowest BCUT2D eigenvalue weighted by atomic mass is 10.2. The minimum atomic E-state index is 0. The van der Waals surface area contributed by atoms with E-state index in [1.807, 2.05) is 29.2 Å². The number of anilines is 1. The molecule has 0 unspecified atom stereocenters. The predicted molar refractivity (Wildman–Crippen MR) is 86.0 cm³/mol. The molecule has 0 atom stereocenters. The van der Waals surface area contributed by atoms with E-state index in [0.717, 1.165) is 26.2 Å². The summed E-state index contributed by atoms with van der Waals surface area (Å²) >= 11 is 0. The van der Waals surface area contributed by atoms with Gasteiger partial charge in [0.1, 0.15) is 0 Å². The summed E-state index contributed by atoms with van der Waals surface area (Å²) in [6.45, 7) is 3.25. The molecule has 110 valence electrons. The van der Waals surface area contributed by atoms with Gasteiger partial charge in [0, 0.05) is 44.3 Å². The lowest BCUT2D eigenvalue weighted by Crippen LogP contribution is -2.48. The van der Waals surface area contributed by atoms with Crippen LogP contribution in [0.1, 0.15) is 10.4 Å². The van der Waals surface area contributed by atoms with Crippen LogP contribution in [0.4, 0.5) is 5.69 Å². The quantitative estimate of drug-likeness (QED) is 0.855. The molecule has 1 aromatic heterocycles. The first-order valence-corrected chi connectivity index (χ1v) is 6.84. The Morgan fingerprint density at radius 3 is 2.29 bits per heavy atom. The molecule has 0 N–H and O–H groups in total. The summed E-state index contributed by atoms with van der Waals surface area (Å²) in [6, 6.07) is 13.9. The van der Waals surface area contributed by atoms with Crippen molar-refractivity contribution in [2.24, 2.45) is 0 Å². The number of hydrogen-bond donors (Lipinski definition) is 0. The third-order valence-electron chi connectivity index (χ3n) is 3.60. The second-order valence-corrected chi connectivity index (χ2v) is 4.86. The van der Waals surface area contributed by atoms with E-state index in [1.54, 1.807) is 18.5 Å². The topological polar surface area (TPSA) is 36.4 Å². The van der Waals surface area contributed by atoms with Crippen LogP contribution in [0.2, 0.25) is 0 Å². The maximum Gasteiger partial charge on any atom is 0.255 e. The first kappa shape index (κ1) is 15.3. The van der Waals surface area contributed by atoms with Gasteiger partial charge in [-0.05, 0) is 24.3 Å². The van der Waals surface area contributed by atoms with Gasteiger partial charge in [-0.1, -0.05) is 18.2 Å². The summed E-state index contributed by atoms with van der Waals surface area (Å²) < 4.78 is 0. The van der Waals surface area contributed by atoms with Crippen LogP contribution >= 0.6 is 12.4 Å². The summed E-state index contributed by atoms with van der Waals surface area (Å²) in [5.74, 6) is 0.0748. The van der Waals surface area contributed by atoms with E-state index in [9.17, 15) is 4.79 Å². The van der Waals surface area contributed by atoms with E-state index in [4.69, 9.17) is 0 Å². The molecule has 0 spiro atoms. The molecule has 0 aliphatic carbocycles. The van der Waals surface area contributed by atoms with Crippen LogP contribution in [0.3, 0.4) is 0 Å². The van der Waals surface area contributed by atoms with Crippen molar-refractivity contribution in [2.45, 2.75) is 0 Å². The number of pyridine rings is 1. The normalized spacial score (nSPS) is 14.5. The third kappa shape index (κ3) is 3.52. The molecule has 3 rings (SSSR count). The highest BCUT2D eigenvalue weighted by Crippen LogP contribution is 2.16. The van der Waals surface area contributed by atoms with Crippen LogP contribution in [0, 0.1) is 0 Å². The van der Waals surface area contributed by atoms with E-state index in [2.05, 4.69) is 22.0 Å². The molecule has 0 saturated carbocycles. The molecule has 4 nitrogen and oxygen atoms in total. The number of piperazine rings is 1. The standard InChI is InChI=1S/C16H17N3O.ClH/c20-16(14-5-4-8-17-13-14)19-11-9-18(10-12-19)15-6-2-1-3-7-15;/h1-8,13H,9-12H2;1H. The maximum absolute atomic E-state index is 12.3. The number of carbonyl (C=O) groups is 1. The number of aromatic nitrogens is 1. The zero-order valence-corrected chi connectivity index (χ0v) is 12.5. The molecule has 1 aliphatic heterocycles. The van der Waals surface area contributed by atoms with Crippen molar-refractivity contribution in [3.8, 4) is 0 Å². The number of carbonyl (C=O) groups excluding carboxylic acids is 1. The summed E-state index contributed by atoms with van der Waals surface area (Å²) in [5.41, 5.74) is 1.89. The fourth-order valence-electron chi connectivity index (χ4n) is 2.48. The summed E-state index contributed by atoms with van der Waals surface area (Å²) in [5, 5.41) is 0. The van der Waals surface area contributed by atoms with Crippen LogP contribution in [-0.4, -0.2) is 42.0 Å². The Labute approximate surface area is 130 Å². The molecule has 1 aromatic carbocycles. The van der Waals surface area contributed by atoms with Crippen molar-refractivity contribution in [3.05, 3.63) is 60.4 Å². The SMILES string of the molecule is Cl.O=C(c1cccnc1)N1CCN(c2ccccc2)CC1. The minimum Gasteiger partial charge on any atom is -0.368 e. The molecule has 1 saturated heterocycles. The Morgan fingerprint density at radius 1 is 0.952 bits per heavy atom. The monoisotopic (exact) mass is 303 g/mol. The Morgan fingerprint density at radius 2 is 1.67 bits per heavy atom. The minimum absolute atomic E-state index is 0. The second-order valence-electron chi connectivity index (χ2n) is 4.86. The van der Waals surface area contributed by atoms with Crippen molar-refractivity contribution in [1.82, 2.24) is 9.88 Å². The fraction of sp³-hybridized carbons (Fsp3) is 0.250. The first-order valence-electron chi connectivity index (χ1n) is 6.84. The van der Waals surface area contributed by atoms with Gasteiger partial charge in [0.2, 0.25) is 0 Å². The smallest absolute Gasteiger partial charge is 0.255 e. The van der Waals surface area contributed by atoms with Crippen molar-refractivity contribution >= 4 is 24.0 Å². The van der Waals surface area contributed by atoms with Crippen LogP contribution in [-0.2, 0) is 0 Å². The number of para-hydroxylation sites is 1. The summed E-state index contributed by atoms with van der Waals surface area (Å²) in [6.07, 6.45) is 3.32. The molecule has 2 heterocycles. The van der Waals surface area contributed by atoms with Gasteiger partial charge in [0.05, 0.1) is 5.56 Å². The molecule has 0 radical (unpaired) electrons. The highest BCUT2D eigenvalue weighted by atomic mass is 35.5. The lowest BCUT2D eigenvalue weighted by molar-refractivity contribution is 0.0746. The molecule has 2 aromatic rings. The highest BCUT2D eigenvalue weighted by molar-refractivity contribution is 5.94. The van der Waals surface area contributed by atoms with Gasteiger partial charge >= 0.3 is 0 Å². The first-order chi connectivity index (χ1) is 9.84. The van der Waals surface area contributed by atoms with Gasteiger partial charge < -0.3 is 9.80 Å². The van der Waals surface area contributed by atoms with Crippen LogP contribution in [0.15, 0.2) is 54.9 Å². The fourth-order valence-corrected chi connectivity index (χ4v) is 2.48. The zero-order chi connectivity index (χ0) is 13.8. The largest absolute Gasteiger partial charge is 0.368 e. The Hall–Kier alpha value is -2.07. The second kappa shape index (κ2) is 7.09. The Balaban J connectivity index is 0.00000161. The number of halogens is 1. The van der Waals surface area contributed by atoms with Crippen LogP contribution in [0.5, 0.6) is 0 Å². The van der Waals surface area contributed by atoms with Gasteiger partial charge in [0.15, 0.2) is 0 Å². The van der Waals surface area contributed by atoms with E-state index in [-0.39, 0.29) is 18.3 Å². The summed E-state index contributed by atoms with van der Waals surface area (Å²) in [4.78, 5) is 20.5. The molecular formula is C16H18ClN3O. The number of nitrogens with zero attached hydrogens (tertiary/aromatic N) is 3. The third-order valence-corrected chi connectivity index (χ3v) is 3.60. The Kier molecular flexibility index (Phi) is 5.17. The average molecular weight is 304 g/mol. The Bertz CT molecular complexity index is 569. The van der Waals surface area contributed by atoms with Gasteiger partial charge in [-0.25, -0.2) is 0 Å². The van der Waals surface area contributed by atoms with Gasteiger partial charge in [0.25, 0.3) is 5.91 Å². The van der Waals surface area contributed by atoms with Crippen molar-refractivity contribution in [1.29, 1.82) is 0 Å². The van der Waals surface area contributed by atoms with Gasteiger partial charge in [-0.2, -0.15) is 0 Å². The maximum atomic E-state index is 12.3. The number of amides is 1. The summed E-state index contributed by atoms with van der Waals surface area (Å²) in [7, 11) is 0. The average Bonchev–Trinajstić information content (AvgIpc) is 2.56. The van der Waals surface area contributed by atoms with Crippen molar-refractivity contribution in [3.63, 3.8) is 0 Å². The molecule has 1 fully saturated rings. The van der Waals surface area contributed by atoms with Gasteiger partial charge in [-0.15, -0.1) is 12.4 Å². The molecular weight excluding hydrogens is 286 g/mol. The van der Waals surface area contributed by atoms with E-state index < -0.39 is 0 Å². The van der Waals surface area contributed by atoms with Crippen LogP contribution < -0.4 is 4.90 Å². The number of rotatable bonds is 2. The van der Waals surface area contributed by atoms with Crippen LogP contribution in [0.25, 0.3) is 0 Å². The predicted octanol–water partition coefficient (Wildman–Crippen LogP) is 2.47. The van der Waals surface area contributed by atoms with Crippen molar-refractivity contribution in [2.75, 3.05) is 31.1 Å². The zero-order valence-electron chi connectivity index (χ0n) is 11.7.